The molecule has 5 heteroatoms. The van der Waals surface area contributed by atoms with Gasteiger partial charge >= 0.3 is 0 Å². The molecule has 0 bridgehead atoms. The molecule has 0 aromatic heterocycles. The minimum atomic E-state index is -1.10. The molecule has 0 radical (unpaired) electrons. The number of halogens is 2. The Morgan fingerprint density at radius 3 is 2.95 bits per heavy atom. The van der Waals surface area contributed by atoms with Crippen molar-refractivity contribution in [1.29, 1.82) is 0 Å². The zero-order valence-corrected chi connectivity index (χ0v) is 11.0. The fourth-order valence-electron chi connectivity index (χ4n) is 2.44. The summed E-state index contributed by atoms with van der Waals surface area (Å²) in [5.74, 6) is -0.985. The van der Waals surface area contributed by atoms with E-state index in [0.717, 1.165) is 24.7 Å². The van der Waals surface area contributed by atoms with Gasteiger partial charge in [-0.3, -0.25) is 0 Å². The first-order chi connectivity index (χ1) is 8.96. The van der Waals surface area contributed by atoms with Crippen LogP contribution in [0.5, 0.6) is 0 Å². The van der Waals surface area contributed by atoms with Crippen LogP contribution in [0.2, 0.25) is 0 Å². The van der Waals surface area contributed by atoms with Gasteiger partial charge in [0.2, 0.25) is 0 Å². The highest BCUT2D eigenvalue weighted by Gasteiger charge is 2.28. The lowest BCUT2D eigenvalue weighted by molar-refractivity contribution is 0.00602. The van der Waals surface area contributed by atoms with Crippen molar-refractivity contribution in [1.82, 2.24) is 5.32 Å². The van der Waals surface area contributed by atoms with Gasteiger partial charge < -0.3 is 15.2 Å². The largest absolute Gasteiger partial charge is 0.390 e. The second-order valence-corrected chi connectivity index (χ2v) is 5.34. The second kappa shape index (κ2) is 5.94. The SMILES string of the molecule is CC(O)(Cc1cc(F)ccc1F)CC1COCCN1. The van der Waals surface area contributed by atoms with Gasteiger partial charge in [-0.15, -0.1) is 0 Å². The third-order valence-corrected chi connectivity index (χ3v) is 3.26. The lowest BCUT2D eigenvalue weighted by atomic mass is 9.89. The van der Waals surface area contributed by atoms with E-state index in [-0.39, 0.29) is 18.0 Å². The van der Waals surface area contributed by atoms with Crippen LogP contribution in [-0.4, -0.2) is 36.5 Å². The molecule has 1 aliphatic heterocycles. The molecule has 1 fully saturated rings. The molecule has 0 saturated carbocycles. The van der Waals surface area contributed by atoms with Crippen molar-refractivity contribution in [2.24, 2.45) is 0 Å². The summed E-state index contributed by atoms with van der Waals surface area (Å²) in [7, 11) is 0. The molecule has 2 rings (SSSR count). The minimum absolute atomic E-state index is 0.0420. The van der Waals surface area contributed by atoms with Crippen LogP contribution in [0.1, 0.15) is 18.9 Å². The third-order valence-electron chi connectivity index (χ3n) is 3.26. The number of aliphatic hydroxyl groups is 1. The van der Waals surface area contributed by atoms with Gasteiger partial charge in [0.05, 0.1) is 18.8 Å². The molecule has 1 saturated heterocycles. The van der Waals surface area contributed by atoms with Crippen molar-refractivity contribution in [2.45, 2.75) is 31.4 Å². The van der Waals surface area contributed by atoms with E-state index in [1.54, 1.807) is 6.92 Å². The first kappa shape index (κ1) is 14.4. The Bertz CT molecular complexity index is 431. The van der Waals surface area contributed by atoms with Gasteiger partial charge in [0.25, 0.3) is 0 Å². The Balaban J connectivity index is 2.00. The molecule has 2 atom stereocenters. The summed E-state index contributed by atoms with van der Waals surface area (Å²) in [4.78, 5) is 0. The number of rotatable bonds is 4. The highest BCUT2D eigenvalue weighted by atomic mass is 19.1. The van der Waals surface area contributed by atoms with Gasteiger partial charge in [0, 0.05) is 19.0 Å². The van der Waals surface area contributed by atoms with Crippen molar-refractivity contribution in [3.63, 3.8) is 0 Å². The predicted octanol–water partition coefficient (Wildman–Crippen LogP) is 1.64. The number of hydrogen-bond donors (Lipinski definition) is 2. The molecule has 19 heavy (non-hydrogen) atoms. The molecule has 106 valence electrons. The summed E-state index contributed by atoms with van der Waals surface area (Å²) in [6, 6.07) is 3.34. The number of benzene rings is 1. The zero-order valence-electron chi connectivity index (χ0n) is 11.0. The maximum Gasteiger partial charge on any atom is 0.126 e. The number of morpholine rings is 1. The van der Waals surface area contributed by atoms with Gasteiger partial charge in [0.1, 0.15) is 11.6 Å². The summed E-state index contributed by atoms with van der Waals surface area (Å²) >= 11 is 0. The van der Waals surface area contributed by atoms with Gasteiger partial charge in [-0.2, -0.15) is 0 Å². The van der Waals surface area contributed by atoms with E-state index in [1.807, 2.05) is 0 Å². The monoisotopic (exact) mass is 271 g/mol. The van der Waals surface area contributed by atoms with E-state index in [0.29, 0.717) is 19.6 Å². The molecule has 1 aliphatic rings. The Hall–Kier alpha value is -1.04. The topological polar surface area (TPSA) is 41.5 Å². The first-order valence-electron chi connectivity index (χ1n) is 6.44. The van der Waals surface area contributed by atoms with E-state index in [2.05, 4.69) is 5.32 Å². The first-order valence-corrected chi connectivity index (χ1v) is 6.44. The van der Waals surface area contributed by atoms with Crippen molar-refractivity contribution in [3.8, 4) is 0 Å². The Morgan fingerprint density at radius 1 is 1.47 bits per heavy atom. The average Bonchev–Trinajstić information content (AvgIpc) is 2.34. The molecule has 0 amide bonds. The van der Waals surface area contributed by atoms with Gasteiger partial charge in [0.15, 0.2) is 0 Å². The molecular formula is C14H19F2NO2. The van der Waals surface area contributed by atoms with E-state index in [4.69, 9.17) is 4.74 Å². The van der Waals surface area contributed by atoms with Crippen LogP contribution < -0.4 is 5.32 Å². The van der Waals surface area contributed by atoms with Crippen molar-refractivity contribution < 1.29 is 18.6 Å². The van der Waals surface area contributed by atoms with E-state index >= 15 is 0 Å². The zero-order chi connectivity index (χ0) is 13.9. The maximum absolute atomic E-state index is 13.6. The van der Waals surface area contributed by atoms with Crippen molar-refractivity contribution in [3.05, 3.63) is 35.4 Å². The number of ether oxygens (including phenoxy) is 1. The van der Waals surface area contributed by atoms with Crippen LogP contribution in [0.3, 0.4) is 0 Å². The molecule has 0 aliphatic carbocycles. The average molecular weight is 271 g/mol. The van der Waals surface area contributed by atoms with Crippen LogP contribution in [0.25, 0.3) is 0 Å². The van der Waals surface area contributed by atoms with E-state index < -0.39 is 17.2 Å². The van der Waals surface area contributed by atoms with Crippen LogP contribution in [-0.2, 0) is 11.2 Å². The van der Waals surface area contributed by atoms with Crippen LogP contribution >= 0.6 is 0 Å². The summed E-state index contributed by atoms with van der Waals surface area (Å²) in [5.41, 5.74) is -0.908. The highest BCUT2D eigenvalue weighted by Crippen LogP contribution is 2.22. The summed E-state index contributed by atoms with van der Waals surface area (Å²) in [6.45, 7) is 3.57. The molecule has 1 heterocycles. The fraction of sp³-hybridized carbons (Fsp3) is 0.571. The predicted molar refractivity (Wildman–Crippen MR) is 67.9 cm³/mol. The smallest absolute Gasteiger partial charge is 0.126 e. The minimum Gasteiger partial charge on any atom is -0.390 e. The van der Waals surface area contributed by atoms with Crippen molar-refractivity contribution >= 4 is 0 Å². The molecule has 3 nitrogen and oxygen atoms in total. The number of nitrogens with one attached hydrogen (secondary N) is 1. The molecule has 1 aromatic carbocycles. The Labute approximate surface area is 111 Å². The molecule has 0 spiro atoms. The maximum atomic E-state index is 13.6. The normalized spacial score (nSPS) is 23.1. The summed E-state index contributed by atoms with van der Waals surface area (Å²) in [6.07, 6.45) is 0.512. The lowest BCUT2D eigenvalue weighted by Crippen LogP contribution is -2.46. The molecule has 2 N–H and O–H groups in total. The highest BCUT2D eigenvalue weighted by molar-refractivity contribution is 5.20. The molecule has 1 aromatic rings. The van der Waals surface area contributed by atoms with Crippen LogP contribution in [0.15, 0.2) is 18.2 Å². The van der Waals surface area contributed by atoms with Gasteiger partial charge in [-0.25, -0.2) is 8.78 Å². The Morgan fingerprint density at radius 2 is 2.26 bits per heavy atom. The van der Waals surface area contributed by atoms with Gasteiger partial charge in [-0.1, -0.05) is 0 Å². The van der Waals surface area contributed by atoms with Crippen molar-refractivity contribution in [2.75, 3.05) is 19.8 Å². The fourth-order valence-corrected chi connectivity index (χ4v) is 2.44. The van der Waals surface area contributed by atoms with E-state index in [1.165, 1.54) is 0 Å². The summed E-state index contributed by atoms with van der Waals surface area (Å²) < 4.78 is 32.0. The third kappa shape index (κ3) is 4.23. The molecule has 2 unspecified atom stereocenters. The molecular weight excluding hydrogens is 252 g/mol. The van der Waals surface area contributed by atoms with E-state index in [9.17, 15) is 13.9 Å². The second-order valence-electron chi connectivity index (χ2n) is 5.34. The van der Waals surface area contributed by atoms with Crippen LogP contribution in [0, 0.1) is 11.6 Å². The summed E-state index contributed by atoms with van der Waals surface area (Å²) in [5, 5.41) is 13.6. The lowest BCUT2D eigenvalue weighted by Gasteiger charge is -2.31. The Kier molecular flexibility index (Phi) is 4.50. The quantitative estimate of drug-likeness (QED) is 0.874. The number of hydrogen-bond acceptors (Lipinski definition) is 3. The van der Waals surface area contributed by atoms with Gasteiger partial charge in [-0.05, 0) is 37.1 Å². The van der Waals surface area contributed by atoms with Crippen LogP contribution in [0.4, 0.5) is 8.78 Å². The standard InChI is InChI=1S/C14H19F2NO2/c1-14(18,8-12-9-19-5-4-17-12)7-10-6-11(15)2-3-13(10)16/h2-3,6,12,17-18H,4-5,7-9H2,1H3.